The van der Waals surface area contributed by atoms with Crippen LogP contribution in [0.3, 0.4) is 0 Å². The van der Waals surface area contributed by atoms with E-state index in [4.69, 9.17) is 0 Å². The van der Waals surface area contributed by atoms with E-state index < -0.39 is 16.8 Å². The third kappa shape index (κ3) is 2.40. The lowest BCUT2D eigenvalue weighted by atomic mass is 10.1. The number of hydrogen-bond donors (Lipinski definition) is 0. The van der Waals surface area contributed by atoms with Gasteiger partial charge in [0.15, 0.2) is 0 Å². The van der Waals surface area contributed by atoms with E-state index in [0.29, 0.717) is 20.9 Å². The van der Waals surface area contributed by atoms with E-state index in [2.05, 4.69) is 4.74 Å². The van der Waals surface area contributed by atoms with Gasteiger partial charge in [0.25, 0.3) is 0 Å². The van der Waals surface area contributed by atoms with Gasteiger partial charge in [-0.05, 0) is 41.5 Å². The van der Waals surface area contributed by atoms with Crippen LogP contribution in [0.2, 0.25) is 0 Å². The predicted molar refractivity (Wildman–Crippen MR) is 77.8 cm³/mol. The Kier molecular flexibility index (Phi) is 3.43. The number of esters is 1. The molecule has 0 saturated heterocycles. The van der Waals surface area contributed by atoms with Gasteiger partial charge in [0.2, 0.25) is 0 Å². The molecule has 2 aromatic carbocycles. The molecule has 1 atom stereocenters. The Morgan fingerprint density at radius 2 is 1.81 bits per heavy atom. The Hall–Kier alpha value is -2.27. The van der Waals surface area contributed by atoms with Crippen molar-refractivity contribution in [2.45, 2.75) is 9.79 Å². The first-order chi connectivity index (χ1) is 10.1. The molecule has 0 amide bonds. The molecule has 106 valence electrons. The first-order valence-corrected chi connectivity index (χ1v) is 7.37. The Bertz CT molecular complexity index is 796. The van der Waals surface area contributed by atoms with Crippen molar-refractivity contribution in [3.8, 4) is 0 Å². The Morgan fingerprint density at radius 1 is 1.05 bits per heavy atom. The molecule has 5 heteroatoms. The van der Waals surface area contributed by atoms with Gasteiger partial charge in [-0.15, -0.1) is 0 Å². The van der Waals surface area contributed by atoms with Crippen molar-refractivity contribution in [3.05, 3.63) is 58.9 Å². The van der Waals surface area contributed by atoms with Crippen LogP contribution in [-0.4, -0.2) is 17.3 Å². The van der Waals surface area contributed by atoms with Gasteiger partial charge in [-0.2, -0.15) is 0 Å². The average molecular weight is 302 g/mol. The van der Waals surface area contributed by atoms with Gasteiger partial charge in [-0.1, -0.05) is 18.2 Å². The third-order valence-corrected chi connectivity index (χ3v) is 4.77. The van der Waals surface area contributed by atoms with E-state index in [9.17, 15) is 13.4 Å². The SMILES string of the molecule is COC(=O)c1ccc2c(c1)S(=O)c1ccc(F)cc1C=C2. The average Bonchev–Trinajstić information content (AvgIpc) is 2.63. The Balaban J connectivity index is 2.18. The smallest absolute Gasteiger partial charge is 0.337 e. The van der Waals surface area contributed by atoms with Crippen LogP contribution in [0.5, 0.6) is 0 Å². The summed E-state index contributed by atoms with van der Waals surface area (Å²) in [5.41, 5.74) is 1.64. The van der Waals surface area contributed by atoms with E-state index >= 15 is 0 Å². The van der Waals surface area contributed by atoms with Crippen molar-refractivity contribution in [2.75, 3.05) is 7.11 Å². The minimum Gasteiger partial charge on any atom is -0.465 e. The monoisotopic (exact) mass is 302 g/mol. The summed E-state index contributed by atoms with van der Waals surface area (Å²) < 4.78 is 30.7. The molecule has 1 unspecified atom stereocenters. The highest BCUT2D eigenvalue weighted by Gasteiger charge is 2.19. The largest absolute Gasteiger partial charge is 0.465 e. The summed E-state index contributed by atoms with van der Waals surface area (Å²) >= 11 is 0. The van der Waals surface area contributed by atoms with E-state index in [-0.39, 0.29) is 5.82 Å². The lowest BCUT2D eigenvalue weighted by Crippen LogP contribution is -2.04. The Morgan fingerprint density at radius 3 is 2.57 bits per heavy atom. The van der Waals surface area contributed by atoms with Crippen molar-refractivity contribution >= 4 is 28.9 Å². The quantitative estimate of drug-likeness (QED) is 0.648. The van der Waals surface area contributed by atoms with Crippen LogP contribution >= 0.6 is 0 Å². The molecule has 1 heterocycles. The number of methoxy groups -OCH3 is 1. The molecule has 0 saturated carbocycles. The normalized spacial score (nSPS) is 15.8. The molecular weight excluding hydrogens is 291 g/mol. The van der Waals surface area contributed by atoms with Crippen molar-refractivity contribution in [1.82, 2.24) is 0 Å². The third-order valence-electron chi connectivity index (χ3n) is 3.25. The number of hydrogen-bond acceptors (Lipinski definition) is 3. The van der Waals surface area contributed by atoms with Crippen molar-refractivity contribution in [2.24, 2.45) is 0 Å². The van der Waals surface area contributed by atoms with Crippen LogP contribution in [0.25, 0.3) is 12.2 Å². The van der Waals surface area contributed by atoms with Crippen LogP contribution in [0.15, 0.2) is 46.2 Å². The van der Waals surface area contributed by atoms with E-state index in [1.54, 1.807) is 30.4 Å². The summed E-state index contributed by atoms with van der Waals surface area (Å²) in [6.45, 7) is 0. The maximum absolute atomic E-state index is 13.3. The molecule has 0 radical (unpaired) electrons. The molecule has 0 spiro atoms. The maximum Gasteiger partial charge on any atom is 0.337 e. The number of ether oxygens (including phenoxy) is 1. The van der Waals surface area contributed by atoms with Gasteiger partial charge < -0.3 is 4.74 Å². The van der Waals surface area contributed by atoms with Gasteiger partial charge in [0, 0.05) is 0 Å². The predicted octanol–water partition coefficient (Wildman–Crippen LogP) is 3.26. The summed E-state index contributed by atoms with van der Waals surface area (Å²) in [6, 6.07) is 9.00. The second-order valence-corrected chi connectivity index (χ2v) is 5.95. The molecule has 3 rings (SSSR count). The highest BCUT2D eigenvalue weighted by Crippen LogP contribution is 2.30. The summed E-state index contributed by atoms with van der Waals surface area (Å²) in [4.78, 5) is 12.6. The molecule has 0 bridgehead atoms. The second-order valence-electron chi connectivity index (χ2n) is 4.53. The highest BCUT2D eigenvalue weighted by atomic mass is 32.2. The molecule has 0 N–H and O–H groups in total. The van der Waals surface area contributed by atoms with Gasteiger partial charge in [-0.3, -0.25) is 0 Å². The Labute approximate surface area is 123 Å². The number of halogens is 1. The van der Waals surface area contributed by atoms with Crippen LogP contribution in [0, 0.1) is 5.82 Å². The minimum atomic E-state index is -1.48. The number of benzene rings is 2. The number of fused-ring (bicyclic) bond motifs is 2. The van der Waals surface area contributed by atoms with Crippen molar-refractivity contribution < 1.29 is 18.1 Å². The molecule has 0 fully saturated rings. The second kappa shape index (κ2) is 5.26. The highest BCUT2D eigenvalue weighted by molar-refractivity contribution is 7.85. The standard InChI is InChI=1S/C16H11FO3S/c1-20-16(18)12-5-3-10-2-4-11-8-13(17)6-7-14(11)21(19)15(10)9-12/h2-9H,1H3. The first-order valence-electron chi connectivity index (χ1n) is 6.22. The summed E-state index contributed by atoms with van der Waals surface area (Å²) in [5, 5.41) is 0. The van der Waals surface area contributed by atoms with E-state index in [1.807, 2.05) is 0 Å². The van der Waals surface area contributed by atoms with Crippen LogP contribution in [0.4, 0.5) is 4.39 Å². The van der Waals surface area contributed by atoms with Crippen LogP contribution in [-0.2, 0) is 15.5 Å². The topological polar surface area (TPSA) is 43.4 Å². The van der Waals surface area contributed by atoms with Crippen molar-refractivity contribution in [3.63, 3.8) is 0 Å². The summed E-state index contributed by atoms with van der Waals surface area (Å²) in [5.74, 6) is -0.862. The lowest BCUT2D eigenvalue weighted by Gasteiger charge is -2.08. The van der Waals surface area contributed by atoms with Gasteiger partial charge in [0.1, 0.15) is 5.82 Å². The molecule has 1 aliphatic heterocycles. The van der Waals surface area contributed by atoms with Gasteiger partial charge in [0.05, 0.1) is 33.3 Å². The zero-order valence-electron chi connectivity index (χ0n) is 11.1. The number of carbonyl (C=O) groups is 1. The van der Waals surface area contributed by atoms with E-state index in [1.165, 1.54) is 25.3 Å². The fourth-order valence-electron chi connectivity index (χ4n) is 2.19. The van der Waals surface area contributed by atoms with Crippen LogP contribution in [0.1, 0.15) is 21.5 Å². The fourth-order valence-corrected chi connectivity index (χ4v) is 3.55. The molecule has 21 heavy (non-hydrogen) atoms. The molecule has 1 aliphatic rings. The van der Waals surface area contributed by atoms with Gasteiger partial charge in [-0.25, -0.2) is 13.4 Å². The minimum absolute atomic E-state index is 0.337. The molecular formula is C16H11FO3S. The van der Waals surface area contributed by atoms with Gasteiger partial charge >= 0.3 is 5.97 Å². The molecule has 2 aromatic rings. The maximum atomic E-state index is 13.3. The van der Waals surface area contributed by atoms with Crippen LogP contribution < -0.4 is 0 Å². The molecule has 0 aromatic heterocycles. The lowest BCUT2D eigenvalue weighted by molar-refractivity contribution is 0.0600. The number of carbonyl (C=O) groups excluding carboxylic acids is 1. The molecule has 3 nitrogen and oxygen atoms in total. The first kappa shape index (κ1) is 13.7. The summed E-state index contributed by atoms with van der Waals surface area (Å²) in [7, 11) is -0.187. The van der Waals surface area contributed by atoms with Crippen molar-refractivity contribution in [1.29, 1.82) is 0 Å². The molecule has 0 aliphatic carbocycles. The van der Waals surface area contributed by atoms with E-state index in [0.717, 1.165) is 5.56 Å². The number of rotatable bonds is 1. The zero-order valence-corrected chi connectivity index (χ0v) is 11.9. The zero-order chi connectivity index (χ0) is 15.0. The summed E-state index contributed by atoms with van der Waals surface area (Å²) in [6.07, 6.45) is 3.49. The fraction of sp³-hybridized carbons (Fsp3) is 0.0625.